The second-order valence-corrected chi connectivity index (χ2v) is 6.28. The van der Waals surface area contributed by atoms with Crippen LogP contribution in [0.1, 0.15) is 5.56 Å². The van der Waals surface area contributed by atoms with Crippen molar-refractivity contribution in [3.8, 4) is 39.7 Å². The monoisotopic (exact) mass is 360 g/mol. The van der Waals surface area contributed by atoms with Gasteiger partial charge in [0.25, 0.3) is 0 Å². The molecule has 0 aliphatic heterocycles. The Balaban J connectivity index is 2.19. The van der Waals surface area contributed by atoms with E-state index in [2.05, 4.69) is 0 Å². The molecular weight excluding hydrogens is 340 g/mol. The van der Waals surface area contributed by atoms with Crippen LogP contribution >= 0.6 is 0 Å². The first-order valence-electron chi connectivity index (χ1n) is 8.68. The van der Waals surface area contributed by atoms with Crippen LogP contribution in [0, 0.1) is 6.92 Å². The number of phenols is 1. The zero-order valence-corrected chi connectivity index (χ0v) is 15.4. The maximum atomic E-state index is 10.7. The smallest absolute Gasteiger partial charge is 0.208 e. The van der Waals surface area contributed by atoms with E-state index in [0.717, 1.165) is 27.8 Å². The predicted molar refractivity (Wildman–Crippen MR) is 107 cm³/mol. The van der Waals surface area contributed by atoms with Crippen molar-refractivity contribution in [1.29, 1.82) is 0 Å². The van der Waals surface area contributed by atoms with E-state index in [1.54, 1.807) is 7.11 Å². The molecule has 1 heterocycles. The van der Waals surface area contributed by atoms with Gasteiger partial charge in [-0.25, -0.2) is 0 Å². The van der Waals surface area contributed by atoms with Gasteiger partial charge < -0.3 is 19.0 Å². The highest BCUT2D eigenvalue weighted by Gasteiger charge is 2.27. The van der Waals surface area contributed by atoms with Crippen molar-refractivity contribution in [2.45, 2.75) is 6.92 Å². The molecule has 0 fully saturated rings. The van der Waals surface area contributed by atoms with Crippen molar-refractivity contribution >= 4 is 11.0 Å². The fourth-order valence-corrected chi connectivity index (χ4v) is 3.50. The molecular formula is C23H20O4. The van der Waals surface area contributed by atoms with Gasteiger partial charge in [-0.3, -0.25) is 0 Å². The summed E-state index contributed by atoms with van der Waals surface area (Å²) in [4.78, 5) is 0. The molecule has 0 atom stereocenters. The molecule has 1 aromatic heterocycles. The molecule has 136 valence electrons. The van der Waals surface area contributed by atoms with Crippen LogP contribution in [0.15, 0.2) is 65.1 Å². The highest BCUT2D eigenvalue weighted by Crippen LogP contribution is 2.52. The Morgan fingerprint density at radius 2 is 1.33 bits per heavy atom. The molecule has 4 nitrogen and oxygen atoms in total. The first kappa shape index (κ1) is 17.0. The summed E-state index contributed by atoms with van der Waals surface area (Å²) in [7, 11) is 3.04. The van der Waals surface area contributed by atoms with Gasteiger partial charge in [0.2, 0.25) is 11.5 Å². The Hall–Kier alpha value is -3.40. The molecule has 1 N–H and O–H groups in total. The Morgan fingerprint density at radius 3 is 1.89 bits per heavy atom. The standard InChI is InChI=1S/C23H20O4/c1-14-17-18(15-10-6-4-7-11-15)20(16-12-8-5-9-13-16)27-21(17)23(26-3)22(25-2)19(14)24/h4-13,24H,1-3H3. The zero-order chi connectivity index (χ0) is 19.0. The molecule has 3 aromatic carbocycles. The molecule has 0 saturated carbocycles. The van der Waals surface area contributed by atoms with E-state index >= 15 is 0 Å². The second-order valence-electron chi connectivity index (χ2n) is 6.28. The highest BCUT2D eigenvalue weighted by atomic mass is 16.5. The highest BCUT2D eigenvalue weighted by molar-refractivity contribution is 6.07. The topological polar surface area (TPSA) is 51.8 Å². The van der Waals surface area contributed by atoms with Gasteiger partial charge in [-0.2, -0.15) is 0 Å². The molecule has 0 amide bonds. The molecule has 4 rings (SSSR count). The average Bonchev–Trinajstić information content (AvgIpc) is 3.12. The zero-order valence-electron chi connectivity index (χ0n) is 15.4. The average molecular weight is 360 g/mol. The van der Waals surface area contributed by atoms with Gasteiger partial charge in [0.15, 0.2) is 11.3 Å². The molecule has 0 radical (unpaired) electrons. The number of hydrogen-bond donors (Lipinski definition) is 1. The van der Waals surface area contributed by atoms with Crippen LogP contribution in [0.3, 0.4) is 0 Å². The summed E-state index contributed by atoms with van der Waals surface area (Å²) in [5.74, 6) is 1.44. The first-order valence-corrected chi connectivity index (χ1v) is 8.68. The van der Waals surface area contributed by atoms with Crippen LogP contribution in [0.4, 0.5) is 0 Å². The van der Waals surface area contributed by atoms with Gasteiger partial charge in [0.1, 0.15) is 5.76 Å². The Labute approximate surface area is 157 Å². The van der Waals surface area contributed by atoms with E-state index in [9.17, 15) is 5.11 Å². The van der Waals surface area contributed by atoms with Crippen LogP contribution in [-0.4, -0.2) is 19.3 Å². The van der Waals surface area contributed by atoms with Crippen molar-refractivity contribution in [3.05, 3.63) is 66.2 Å². The fraction of sp³-hybridized carbons (Fsp3) is 0.130. The maximum absolute atomic E-state index is 10.7. The van der Waals surface area contributed by atoms with Gasteiger partial charge in [0, 0.05) is 22.1 Å². The van der Waals surface area contributed by atoms with Gasteiger partial charge in [-0.15, -0.1) is 0 Å². The lowest BCUT2D eigenvalue weighted by molar-refractivity contribution is 0.332. The van der Waals surface area contributed by atoms with Gasteiger partial charge in [-0.05, 0) is 12.5 Å². The lowest BCUT2D eigenvalue weighted by Gasteiger charge is -2.13. The summed E-state index contributed by atoms with van der Waals surface area (Å²) in [5, 5.41) is 11.5. The molecule has 0 aliphatic carbocycles. The Bertz CT molecular complexity index is 1100. The Kier molecular flexibility index (Phi) is 4.24. The number of fused-ring (bicyclic) bond motifs is 1. The van der Waals surface area contributed by atoms with Crippen LogP contribution in [0.5, 0.6) is 17.2 Å². The minimum atomic E-state index is 0.0550. The molecule has 4 heteroatoms. The molecule has 0 bridgehead atoms. The van der Waals surface area contributed by atoms with Gasteiger partial charge >= 0.3 is 0 Å². The van der Waals surface area contributed by atoms with Crippen molar-refractivity contribution in [2.75, 3.05) is 14.2 Å². The molecule has 4 aromatic rings. The van der Waals surface area contributed by atoms with E-state index in [-0.39, 0.29) is 11.5 Å². The minimum Gasteiger partial charge on any atom is -0.504 e. The third-order valence-corrected chi connectivity index (χ3v) is 4.77. The number of aromatic hydroxyl groups is 1. The van der Waals surface area contributed by atoms with Crippen molar-refractivity contribution in [2.24, 2.45) is 0 Å². The summed E-state index contributed by atoms with van der Waals surface area (Å²) in [6.07, 6.45) is 0. The quantitative estimate of drug-likeness (QED) is 0.500. The molecule has 0 aliphatic rings. The van der Waals surface area contributed by atoms with E-state index in [4.69, 9.17) is 13.9 Å². The first-order chi connectivity index (χ1) is 13.2. The summed E-state index contributed by atoms with van der Waals surface area (Å²) >= 11 is 0. The SMILES string of the molecule is COc1c(O)c(C)c2c(-c3ccccc3)c(-c3ccccc3)oc2c1OC. The van der Waals surface area contributed by atoms with Crippen LogP contribution in [-0.2, 0) is 0 Å². The summed E-state index contributed by atoms with van der Waals surface area (Å²) in [6, 6.07) is 19.9. The molecule has 0 spiro atoms. The molecule has 0 unspecified atom stereocenters. The van der Waals surface area contributed by atoms with E-state index in [1.807, 2.05) is 67.6 Å². The lowest BCUT2D eigenvalue weighted by atomic mass is 9.95. The van der Waals surface area contributed by atoms with Crippen LogP contribution in [0.2, 0.25) is 0 Å². The number of methoxy groups -OCH3 is 2. The largest absolute Gasteiger partial charge is 0.504 e. The van der Waals surface area contributed by atoms with Crippen molar-refractivity contribution in [3.63, 3.8) is 0 Å². The number of hydrogen-bond acceptors (Lipinski definition) is 4. The number of phenolic OH excluding ortho intramolecular Hbond substituents is 1. The maximum Gasteiger partial charge on any atom is 0.208 e. The number of ether oxygens (including phenoxy) is 2. The van der Waals surface area contributed by atoms with E-state index in [1.165, 1.54) is 7.11 Å². The van der Waals surface area contributed by atoms with Crippen molar-refractivity contribution < 1.29 is 19.0 Å². The summed E-state index contributed by atoms with van der Waals surface area (Å²) < 4.78 is 17.3. The van der Waals surface area contributed by atoms with Gasteiger partial charge in [-0.1, -0.05) is 60.7 Å². The second kappa shape index (κ2) is 6.72. The predicted octanol–water partition coefficient (Wildman–Crippen LogP) is 5.80. The van der Waals surface area contributed by atoms with E-state index in [0.29, 0.717) is 16.9 Å². The number of furan rings is 1. The third-order valence-electron chi connectivity index (χ3n) is 4.77. The molecule has 27 heavy (non-hydrogen) atoms. The van der Waals surface area contributed by atoms with E-state index < -0.39 is 0 Å². The summed E-state index contributed by atoms with van der Waals surface area (Å²) in [5.41, 5.74) is 4.12. The molecule has 0 saturated heterocycles. The minimum absolute atomic E-state index is 0.0550. The van der Waals surface area contributed by atoms with Gasteiger partial charge in [0.05, 0.1) is 14.2 Å². The Morgan fingerprint density at radius 1 is 0.778 bits per heavy atom. The van der Waals surface area contributed by atoms with Crippen LogP contribution in [0.25, 0.3) is 33.4 Å². The summed E-state index contributed by atoms with van der Waals surface area (Å²) in [6.45, 7) is 1.86. The van der Waals surface area contributed by atoms with Crippen LogP contribution < -0.4 is 9.47 Å². The lowest BCUT2D eigenvalue weighted by Crippen LogP contribution is -1.94. The normalized spacial score (nSPS) is 10.9. The van der Waals surface area contributed by atoms with Crippen molar-refractivity contribution in [1.82, 2.24) is 0 Å². The number of benzene rings is 3. The number of rotatable bonds is 4. The number of aryl methyl sites for hydroxylation is 1. The fourth-order valence-electron chi connectivity index (χ4n) is 3.50. The third kappa shape index (κ3) is 2.61.